The summed E-state index contributed by atoms with van der Waals surface area (Å²) >= 11 is 6.54. The third-order valence-corrected chi connectivity index (χ3v) is 9.97. The summed E-state index contributed by atoms with van der Waals surface area (Å²) in [7, 11) is -1.58. The largest absolute Gasteiger partial charge is 0.490 e. The molecule has 3 aromatic carbocycles. The first-order valence-electron chi connectivity index (χ1n) is 15.1. The van der Waals surface area contributed by atoms with Gasteiger partial charge in [-0.25, -0.2) is 27.8 Å². The van der Waals surface area contributed by atoms with Crippen LogP contribution in [0, 0.1) is 5.82 Å². The summed E-state index contributed by atoms with van der Waals surface area (Å²) in [5.41, 5.74) is 2.49. The van der Waals surface area contributed by atoms with Crippen LogP contribution in [0.5, 0.6) is 5.75 Å². The topological polar surface area (TPSA) is 107 Å². The number of hydrogen-bond donors (Lipinski definition) is 1. The van der Waals surface area contributed by atoms with E-state index < -0.39 is 15.4 Å². The van der Waals surface area contributed by atoms with Crippen molar-refractivity contribution in [1.29, 1.82) is 0 Å². The van der Waals surface area contributed by atoms with Gasteiger partial charge in [0.2, 0.25) is 0 Å². The van der Waals surface area contributed by atoms with Gasteiger partial charge in [0.1, 0.15) is 35.9 Å². The molecule has 0 fully saturated rings. The van der Waals surface area contributed by atoms with Gasteiger partial charge in [-0.15, -0.1) is 0 Å². The first-order valence-corrected chi connectivity index (χ1v) is 17.1. The van der Waals surface area contributed by atoms with Gasteiger partial charge in [-0.3, -0.25) is 0 Å². The minimum absolute atomic E-state index is 0.0287. The Hall–Kier alpha value is -4.58. The molecule has 0 saturated carbocycles. The molecule has 9 nitrogen and oxygen atoms in total. The lowest BCUT2D eigenvalue weighted by molar-refractivity contribution is 0.0248. The summed E-state index contributed by atoms with van der Waals surface area (Å²) in [6, 6.07) is 22.4. The van der Waals surface area contributed by atoms with Gasteiger partial charge >= 0.3 is 0 Å². The van der Waals surface area contributed by atoms with Gasteiger partial charge in [-0.05, 0) is 78.8 Å². The molecule has 12 heteroatoms. The van der Waals surface area contributed by atoms with Crippen LogP contribution in [0.15, 0.2) is 109 Å². The van der Waals surface area contributed by atoms with Crippen molar-refractivity contribution in [2.45, 2.75) is 30.1 Å². The molecule has 47 heavy (non-hydrogen) atoms. The fourth-order valence-electron chi connectivity index (χ4n) is 5.41. The molecule has 2 aromatic heterocycles. The van der Waals surface area contributed by atoms with Gasteiger partial charge in [-0.1, -0.05) is 35.9 Å². The second-order valence-electron chi connectivity index (χ2n) is 11.4. The number of nitrogens with zero attached hydrogens (tertiary/aromatic N) is 4. The van der Waals surface area contributed by atoms with Crippen LogP contribution < -0.4 is 10.1 Å². The molecule has 0 spiro atoms. The van der Waals surface area contributed by atoms with E-state index in [1.807, 2.05) is 42.3 Å². The van der Waals surface area contributed by atoms with Crippen molar-refractivity contribution >= 4 is 43.8 Å². The number of fused-ring (bicyclic) bond motifs is 1. The fraction of sp³-hybridized carbons (Fsp3) is 0.229. The van der Waals surface area contributed by atoms with Crippen molar-refractivity contribution in [3.63, 3.8) is 0 Å². The van der Waals surface area contributed by atoms with E-state index in [1.54, 1.807) is 42.7 Å². The maximum absolute atomic E-state index is 13.5. The molecule has 5 aromatic rings. The van der Waals surface area contributed by atoms with Crippen molar-refractivity contribution < 1.29 is 22.3 Å². The van der Waals surface area contributed by atoms with Crippen molar-refractivity contribution in [2.24, 2.45) is 0 Å². The third-order valence-electron chi connectivity index (χ3n) is 8.07. The highest BCUT2D eigenvalue weighted by Crippen LogP contribution is 2.40. The number of pyridine rings is 1. The molecule has 0 aliphatic carbocycles. The quantitative estimate of drug-likeness (QED) is 0.141. The van der Waals surface area contributed by atoms with Crippen LogP contribution in [0.1, 0.15) is 24.0 Å². The zero-order chi connectivity index (χ0) is 32.9. The lowest BCUT2D eigenvalue weighted by Crippen LogP contribution is -2.33. The maximum atomic E-state index is 13.5. The van der Waals surface area contributed by atoms with E-state index in [4.69, 9.17) is 21.1 Å². The van der Waals surface area contributed by atoms with Gasteiger partial charge in [-0.2, -0.15) is 0 Å². The van der Waals surface area contributed by atoms with Crippen molar-refractivity contribution in [3.8, 4) is 5.75 Å². The number of aromatic nitrogens is 3. The first-order chi connectivity index (χ1) is 22.7. The number of anilines is 2. The smallest absolute Gasteiger partial charge is 0.196 e. The highest BCUT2D eigenvalue weighted by molar-refractivity contribution is 7.91. The SMILES string of the molecule is CN(CCC1(c2ccc3ncnc(Nc4ccc(OCc5cccc(F)c5)c(Cl)c4)c3c2)CC=CO1)CCS(=O)(=O)c1ccccn1. The summed E-state index contributed by atoms with van der Waals surface area (Å²) in [6.07, 6.45) is 8.00. The zero-order valence-corrected chi connectivity index (χ0v) is 27.2. The molecule has 0 bridgehead atoms. The number of rotatable bonds is 13. The second kappa shape index (κ2) is 14.0. The van der Waals surface area contributed by atoms with Crippen LogP contribution in [-0.2, 0) is 26.8 Å². The minimum atomic E-state index is -3.48. The van der Waals surface area contributed by atoms with E-state index in [2.05, 4.69) is 20.3 Å². The van der Waals surface area contributed by atoms with Gasteiger partial charge in [0.05, 0.1) is 22.6 Å². The van der Waals surface area contributed by atoms with E-state index in [0.717, 1.165) is 16.5 Å². The molecular formula is C35H33ClFN5O4S. The number of ether oxygens (including phenoxy) is 2. The average Bonchev–Trinajstić information content (AvgIpc) is 3.57. The normalized spacial score (nSPS) is 16.0. The average molecular weight is 674 g/mol. The van der Waals surface area contributed by atoms with Gasteiger partial charge in [0.25, 0.3) is 0 Å². The summed E-state index contributed by atoms with van der Waals surface area (Å²) in [6.45, 7) is 1.15. The van der Waals surface area contributed by atoms with Crippen LogP contribution >= 0.6 is 11.6 Å². The standard InChI is InChI=1S/C35H33ClFN5O4S/c1-42(17-19-47(43,44)33-8-2-3-15-38-33)16-14-35(13-5-18-46-35)26-9-11-31-29(21-26)34(40-24-39-31)41-28-10-12-32(30(36)22-28)45-23-25-6-4-7-27(37)20-25/h2-12,15,18,20-22,24H,13-14,16-17,19,23H2,1H3,(H,39,40,41). The number of hydrogen-bond acceptors (Lipinski definition) is 9. The molecule has 0 amide bonds. The summed E-state index contributed by atoms with van der Waals surface area (Å²) < 4.78 is 51.1. The molecule has 6 rings (SSSR count). The Morgan fingerprint density at radius 3 is 2.68 bits per heavy atom. The molecule has 1 unspecified atom stereocenters. The molecule has 242 valence electrons. The van der Waals surface area contributed by atoms with Crippen LogP contribution in [0.4, 0.5) is 15.9 Å². The Morgan fingerprint density at radius 1 is 1.02 bits per heavy atom. The zero-order valence-electron chi connectivity index (χ0n) is 25.6. The Morgan fingerprint density at radius 2 is 1.91 bits per heavy atom. The van der Waals surface area contributed by atoms with E-state index >= 15 is 0 Å². The third kappa shape index (κ3) is 7.70. The predicted octanol–water partition coefficient (Wildman–Crippen LogP) is 7.07. The van der Waals surface area contributed by atoms with E-state index in [9.17, 15) is 12.8 Å². The Bertz CT molecular complexity index is 2000. The molecule has 1 aliphatic rings. The van der Waals surface area contributed by atoms with Crippen LogP contribution in [0.3, 0.4) is 0 Å². The van der Waals surface area contributed by atoms with Gasteiger partial charge in [0, 0.05) is 43.2 Å². The van der Waals surface area contributed by atoms with E-state index in [-0.39, 0.29) is 23.2 Å². The number of sulfone groups is 1. The first kappa shape index (κ1) is 32.4. The van der Waals surface area contributed by atoms with Crippen molar-refractivity contribution in [3.05, 3.63) is 126 Å². The van der Waals surface area contributed by atoms with E-state index in [1.165, 1.54) is 30.7 Å². The number of benzene rings is 3. The fourth-order valence-corrected chi connectivity index (χ4v) is 6.91. The molecular weight excluding hydrogens is 641 g/mol. The van der Waals surface area contributed by atoms with Crippen LogP contribution in [0.2, 0.25) is 5.02 Å². The molecule has 1 atom stereocenters. The molecule has 0 saturated heterocycles. The minimum Gasteiger partial charge on any atom is -0.490 e. The van der Waals surface area contributed by atoms with E-state index in [0.29, 0.717) is 53.8 Å². The summed E-state index contributed by atoms with van der Waals surface area (Å²) in [5, 5.41) is 4.64. The highest BCUT2D eigenvalue weighted by atomic mass is 35.5. The molecule has 3 heterocycles. The van der Waals surface area contributed by atoms with Crippen LogP contribution in [-0.4, -0.2) is 54.2 Å². The number of halogens is 2. The van der Waals surface area contributed by atoms with Gasteiger partial charge < -0.3 is 19.7 Å². The van der Waals surface area contributed by atoms with Crippen LogP contribution in [0.25, 0.3) is 10.9 Å². The summed E-state index contributed by atoms with van der Waals surface area (Å²) in [5.74, 6) is 0.720. The Balaban J connectivity index is 1.15. The highest BCUT2D eigenvalue weighted by Gasteiger charge is 2.36. The second-order valence-corrected chi connectivity index (χ2v) is 13.8. The maximum Gasteiger partial charge on any atom is 0.196 e. The monoisotopic (exact) mass is 673 g/mol. The lowest BCUT2D eigenvalue weighted by Gasteiger charge is -2.31. The summed E-state index contributed by atoms with van der Waals surface area (Å²) in [4.78, 5) is 15.0. The lowest BCUT2D eigenvalue weighted by atomic mass is 9.87. The van der Waals surface area contributed by atoms with Crippen molar-refractivity contribution in [2.75, 3.05) is 31.2 Å². The Labute approximate surface area is 278 Å². The van der Waals surface area contributed by atoms with Crippen molar-refractivity contribution in [1.82, 2.24) is 19.9 Å². The Kier molecular flexibility index (Phi) is 9.67. The van der Waals surface area contributed by atoms with Gasteiger partial charge in [0.15, 0.2) is 14.9 Å². The number of nitrogens with one attached hydrogen (secondary N) is 1. The molecule has 0 radical (unpaired) electrons. The molecule has 1 aliphatic heterocycles. The molecule has 1 N–H and O–H groups in total. The predicted molar refractivity (Wildman–Crippen MR) is 180 cm³/mol.